The molecule has 0 unspecified atom stereocenters. The van der Waals surface area contributed by atoms with Gasteiger partial charge in [0.2, 0.25) is 0 Å². The fraction of sp³-hybridized carbons (Fsp3) is 0.273. The normalized spacial score (nSPS) is 10.6. The molecule has 15 heavy (non-hydrogen) atoms. The molecule has 78 valence electrons. The van der Waals surface area contributed by atoms with Crippen molar-refractivity contribution < 1.29 is 9.21 Å². The minimum atomic E-state index is 0.421. The zero-order chi connectivity index (χ0) is 11.0. The average Bonchev–Trinajstić information content (AvgIpc) is 2.73. The van der Waals surface area contributed by atoms with Crippen molar-refractivity contribution in [1.29, 1.82) is 0 Å². The van der Waals surface area contributed by atoms with Crippen LogP contribution in [0.5, 0.6) is 0 Å². The first-order valence-electron chi connectivity index (χ1n) is 4.68. The van der Waals surface area contributed by atoms with Crippen LogP contribution < -0.4 is 0 Å². The van der Waals surface area contributed by atoms with Gasteiger partial charge in [-0.15, -0.1) is 0 Å². The van der Waals surface area contributed by atoms with Crippen molar-refractivity contribution in [3.63, 3.8) is 0 Å². The van der Waals surface area contributed by atoms with Crippen LogP contribution in [0.4, 0.5) is 0 Å². The number of hydrogen-bond donors (Lipinski definition) is 0. The molecule has 0 aliphatic heterocycles. The Balaban J connectivity index is 2.65. The van der Waals surface area contributed by atoms with Crippen LogP contribution in [-0.2, 0) is 7.05 Å². The number of carbonyl (C=O) groups excluding carboxylic acids is 1. The number of aldehydes is 1. The number of carbonyl (C=O) groups is 1. The van der Waals surface area contributed by atoms with Gasteiger partial charge in [0.05, 0.1) is 0 Å². The van der Waals surface area contributed by atoms with Gasteiger partial charge in [-0.3, -0.25) is 4.79 Å². The average molecular weight is 204 g/mol. The largest absolute Gasteiger partial charge is 0.460 e. The summed E-state index contributed by atoms with van der Waals surface area (Å²) in [6, 6.07) is 3.71. The molecule has 2 aromatic heterocycles. The fourth-order valence-electron chi connectivity index (χ4n) is 1.57. The first-order valence-corrected chi connectivity index (χ1v) is 4.68. The summed E-state index contributed by atoms with van der Waals surface area (Å²) in [5.74, 6) is 2.29. The second kappa shape index (κ2) is 3.38. The van der Waals surface area contributed by atoms with E-state index in [1.165, 1.54) is 0 Å². The summed E-state index contributed by atoms with van der Waals surface area (Å²) in [6.45, 7) is 3.72. The number of aromatic nitrogens is 2. The summed E-state index contributed by atoms with van der Waals surface area (Å²) in [4.78, 5) is 15.0. The highest BCUT2D eigenvalue weighted by Gasteiger charge is 2.16. The van der Waals surface area contributed by atoms with Crippen molar-refractivity contribution in [1.82, 2.24) is 9.55 Å². The summed E-state index contributed by atoms with van der Waals surface area (Å²) in [5, 5.41) is 0. The van der Waals surface area contributed by atoms with Gasteiger partial charge in [0.15, 0.2) is 12.0 Å². The third-order valence-electron chi connectivity index (χ3n) is 2.43. The maximum Gasteiger partial charge on any atom is 0.170 e. The Bertz CT molecular complexity index is 509. The quantitative estimate of drug-likeness (QED) is 0.704. The molecule has 2 aromatic rings. The molecule has 2 heterocycles. The molecule has 0 saturated carbocycles. The van der Waals surface area contributed by atoms with Gasteiger partial charge in [0.1, 0.15) is 23.0 Å². The van der Waals surface area contributed by atoms with Gasteiger partial charge in [-0.2, -0.15) is 0 Å². The lowest BCUT2D eigenvalue weighted by Crippen LogP contribution is -1.94. The molecule has 4 nitrogen and oxygen atoms in total. The van der Waals surface area contributed by atoms with Gasteiger partial charge in [0.25, 0.3) is 0 Å². The zero-order valence-electron chi connectivity index (χ0n) is 8.94. The minimum Gasteiger partial charge on any atom is -0.460 e. The molecule has 0 fully saturated rings. The Kier molecular flexibility index (Phi) is 2.19. The van der Waals surface area contributed by atoms with Crippen LogP contribution in [0.3, 0.4) is 0 Å². The maximum atomic E-state index is 10.9. The van der Waals surface area contributed by atoms with Gasteiger partial charge in [-0.1, -0.05) is 0 Å². The van der Waals surface area contributed by atoms with Crippen LogP contribution >= 0.6 is 0 Å². The highest BCUT2D eigenvalue weighted by Crippen LogP contribution is 2.25. The molecule has 2 rings (SSSR count). The Hall–Kier alpha value is -1.84. The monoisotopic (exact) mass is 204 g/mol. The molecule has 0 spiro atoms. The van der Waals surface area contributed by atoms with Crippen molar-refractivity contribution in [2.75, 3.05) is 0 Å². The van der Waals surface area contributed by atoms with Crippen LogP contribution in [-0.4, -0.2) is 15.8 Å². The van der Waals surface area contributed by atoms with E-state index in [2.05, 4.69) is 4.98 Å². The lowest BCUT2D eigenvalue weighted by molar-refractivity contribution is 0.111. The molecule has 0 saturated heterocycles. The summed E-state index contributed by atoms with van der Waals surface area (Å²) in [7, 11) is 1.86. The number of rotatable bonds is 2. The molecule has 0 N–H and O–H groups in total. The van der Waals surface area contributed by atoms with E-state index in [0.717, 1.165) is 23.6 Å². The number of hydrogen-bond acceptors (Lipinski definition) is 3. The van der Waals surface area contributed by atoms with Gasteiger partial charge in [0, 0.05) is 7.05 Å². The minimum absolute atomic E-state index is 0.421. The SMILES string of the molecule is Cc1ccc(-c2c(C=O)nc(C)n2C)o1. The van der Waals surface area contributed by atoms with Crippen LogP contribution in [0.25, 0.3) is 11.5 Å². The predicted molar refractivity (Wildman–Crippen MR) is 55.8 cm³/mol. The smallest absolute Gasteiger partial charge is 0.170 e. The standard InChI is InChI=1S/C11H12N2O2/c1-7-4-5-10(15-7)11-9(6-14)12-8(2)13(11)3/h4-6H,1-3H3. The van der Waals surface area contributed by atoms with Crippen LogP contribution in [0.2, 0.25) is 0 Å². The van der Waals surface area contributed by atoms with Crippen LogP contribution in [0, 0.1) is 13.8 Å². The molecule has 0 aliphatic rings. The first kappa shape index (κ1) is 9.71. The van der Waals surface area contributed by atoms with E-state index < -0.39 is 0 Å². The van der Waals surface area contributed by atoms with Crippen molar-refractivity contribution >= 4 is 6.29 Å². The van der Waals surface area contributed by atoms with Crippen molar-refractivity contribution in [3.05, 3.63) is 29.4 Å². The molecule has 0 bridgehead atoms. The van der Waals surface area contributed by atoms with Crippen molar-refractivity contribution in [2.24, 2.45) is 7.05 Å². The second-order valence-electron chi connectivity index (χ2n) is 3.48. The third kappa shape index (κ3) is 1.48. The number of aryl methyl sites for hydroxylation is 2. The molecule has 0 radical (unpaired) electrons. The molecule has 4 heteroatoms. The molecule has 0 aromatic carbocycles. The molecule has 0 atom stereocenters. The Morgan fingerprint density at radius 3 is 2.67 bits per heavy atom. The number of nitrogens with zero attached hydrogens (tertiary/aromatic N) is 2. The zero-order valence-corrected chi connectivity index (χ0v) is 8.94. The molecule has 0 aliphatic carbocycles. The molecular weight excluding hydrogens is 192 g/mol. The van der Waals surface area contributed by atoms with Crippen LogP contribution in [0.15, 0.2) is 16.5 Å². The van der Waals surface area contributed by atoms with E-state index in [9.17, 15) is 4.79 Å². The van der Waals surface area contributed by atoms with Crippen molar-refractivity contribution in [2.45, 2.75) is 13.8 Å². The predicted octanol–water partition coefficient (Wildman–Crippen LogP) is 2.11. The van der Waals surface area contributed by atoms with E-state index in [1.54, 1.807) is 0 Å². The number of imidazole rings is 1. The van der Waals surface area contributed by atoms with E-state index >= 15 is 0 Å². The first-order chi connectivity index (χ1) is 7.13. The Morgan fingerprint density at radius 2 is 2.13 bits per heavy atom. The summed E-state index contributed by atoms with van der Waals surface area (Å²) in [6.07, 6.45) is 0.750. The molecule has 0 amide bonds. The van der Waals surface area contributed by atoms with Crippen molar-refractivity contribution in [3.8, 4) is 11.5 Å². The maximum absolute atomic E-state index is 10.9. The van der Waals surface area contributed by atoms with Gasteiger partial charge < -0.3 is 8.98 Å². The Morgan fingerprint density at radius 1 is 1.40 bits per heavy atom. The topological polar surface area (TPSA) is 48.0 Å². The van der Waals surface area contributed by atoms with E-state index in [-0.39, 0.29) is 0 Å². The lowest BCUT2D eigenvalue weighted by atomic mass is 10.2. The van der Waals surface area contributed by atoms with Gasteiger partial charge >= 0.3 is 0 Å². The highest BCUT2D eigenvalue weighted by atomic mass is 16.3. The Labute approximate surface area is 87.5 Å². The van der Waals surface area contributed by atoms with Gasteiger partial charge in [-0.25, -0.2) is 4.98 Å². The second-order valence-corrected chi connectivity index (χ2v) is 3.48. The lowest BCUT2D eigenvalue weighted by Gasteiger charge is -2.00. The van der Waals surface area contributed by atoms with E-state index in [0.29, 0.717) is 11.5 Å². The van der Waals surface area contributed by atoms with E-state index in [4.69, 9.17) is 4.42 Å². The summed E-state index contributed by atoms with van der Waals surface area (Å²) < 4.78 is 7.34. The van der Waals surface area contributed by atoms with E-state index in [1.807, 2.05) is 37.6 Å². The fourth-order valence-corrected chi connectivity index (χ4v) is 1.57. The van der Waals surface area contributed by atoms with Gasteiger partial charge in [-0.05, 0) is 26.0 Å². The third-order valence-corrected chi connectivity index (χ3v) is 2.43. The van der Waals surface area contributed by atoms with Crippen LogP contribution in [0.1, 0.15) is 22.1 Å². The number of furan rings is 1. The summed E-state index contributed by atoms with van der Waals surface area (Å²) in [5.41, 5.74) is 1.15. The molecular formula is C11H12N2O2. The summed E-state index contributed by atoms with van der Waals surface area (Å²) >= 11 is 0. The highest BCUT2D eigenvalue weighted by molar-refractivity contribution is 5.82.